The number of pyridine rings is 2. The van der Waals surface area contributed by atoms with Crippen molar-refractivity contribution in [2.24, 2.45) is 0 Å². The Morgan fingerprint density at radius 2 is 1.79 bits per heavy atom. The molecule has 0 unspecified atom stereocenters. The van der Waals surface area contributed by atoms with E-state index in [1.54, 1.807) is 12.3 Å². The third kappa shape index (κ3) is 4.18. The summed E-state index contributed by atoms with van der Waals surface area (Å²) in [4.78, 5) is 29.3. The summed E-state index contributed by atoms with van der Waals surface area (Å²) < 4.78 is 31.9. The molecular weight excluding hydrogens is 490 g/mol. The van der Waals surface area contributed by atoms with E-state index >= 15 is 4.39 Å². The van der Waals surface area contributed by atoms with E-state index in [0.717, 1.165) is 11.6 Å². The fraction of sp³-hybridized carbons (Fsp3) is 0.357. The largest absolute Gasteiger partial charge is 0.507 e. The second-order valence-electron chi connectivity index (χ2n) is 10.2. The first-order valence-corrected chi connectivity index (χ1v) is 12.7. The van der Waals surface area contributed by atoms with E-state index in [2.05, 4.69) is 20.3 Å². The number of benzene rings is 1. The molecule has 198 valence electrons. The number of rotatable bonds is 4. The van der Waals surface area contributed by atoms with Crippen LogP contribution in [-0.4, -0.2) is 49.8 Å². The van der Waals surface area contributed by atoms with Crippen LogP contribution in [-0.2, 0) is 0 Å². The minimum absolute atomic E-state index is 0.0330. The van der Waals surface area contributed by atoms with Crippen LogP contribution >= 0.6 is 0 Å². The molecule has 0 radical (unpaired) electrons. The van der Waals surface area contributed by atoms with Gasteiger partial charge in [0.25, 0.3) is 0 Å². The summed E-state index contributed by atoms with van der Waals surface area (Å²) in [6.45, 7) is 11.1. The van der Waals surface area contributed by atoms with E-state index in [0.29, 0.717) is 35.7 Å². The molecule has 8 nitrogen and oxygen atoms in total. The lowest BCUT2D eigenvalue weighted by Gasteiger charge is -2.40. The number of anilines is 1. The third-order valence-electron chi connectivity index (χ3n) is 7.03. The van der Waals surface area contributed by atoms with Gasteiger partial charge >= 0.3 is 5.69 Å². The zero-order chi connectivity index (χ0) is 27.3. The Kier molecular flexibility index (Phi) is 6.60. The molecule has 5 rings (SSSR count). The lowest BCUT2D eigenvalue weighted by molar-refractivity contribution is 0.429. The molecule has 2 atom stereocenters. The number of aryl methyl sites for hydroxylation is 1. The molecule has 4 heterocycles. The number of piperazine rings is 1. The maximum Gasteiger partial charge on any atom is 0.355 e. The SMILES string of the molecule is Cc1ccnc(C(C)C)c1-n1c(=O)nc(N2[C@H](C)CNC[C@@H]2C)c2cc(F)c(-c3c(O)cccc3F)nc21. The van der Waals surface area contributed by atoms with Gasteiger partial charge < -0.3 is 15.3 Å². The lowest BCUT2D eigenvalue weighted by atomic mass is 10.0. The van der Waals surface area contributed by atoms with Gasteiger partial charge in [0, 0.05) is 31.4 Å². The van der Waals surface area contributed by atoms with Crippen LogP contribution in [0.3, 0.4) is 0 Å². The molecule has 1 aromatic carbocycles. The maximum atomic E-state index is 15.7. The van der Waals surface area contributed by atoms with Crippen molar-refractivity contribution in [2.75, 3.05) is 18.0 Å². The van der Waals surface area contributed by atoms with Crippen molar-refractivity contribution in [3.05, 3.63) is 69.9 Å². The Morgan fingerprint density at radius 1 is 1.08 bits per heavy atom. The first-order valence-electron chi connectivity index (χ1n) is 12.7. The van der Waals surface area contributed by atoms with Gasteiger partial charge in [-0.3, -0.25) is 4.98 Å². The molecule has 0 aliphatic carbocycles. The smallest absolute Gasteiger partial charge is 0.355 e. The summed E-state index contributed by atoms with van der Waals surface area (Å²) >= 11 is 0. The lowest BCUT2D eigenvalue weighted by Crippen LogP contribution is -2.56. The molecule has 3 aromatic heterocycles. The Hall–Kier alpha value is -3.92. The summed E-state index contributed by atoms with van der Waals surface area (Å²) in [6.07, 6.45) is 1.67. The van der Waals surface area contributed by atoms with Gasteiger partial charge in [-0.1, -0.05) is 19.9 Å². The molecule has 1 saturated heterocycles. The number of phenols is 1. The van der Waals surface area contributed by atoms with E-state index < -0.39 is 28.8 Å². The number of hydrogen-bond donors (Lipinski definition) is 2. The van der Waals surface area contributed by atoms with E-state index in [1.807, 2.05) is 39.5 Å². The van der Waals surface area contributed by atoms with E-state index in [-0.39, 0.29) is 29.2 Å². The first-order chi connectivity index (χ1) is 18.1. The highest BCUT2D eigenvalue weighted by Crippen LogP contribution is 2.37. The van der Waals surface area contributed by atoms with Crippen molar-refractivity contribution >= 4 is 16.9 Å². The molecule has 4 aromatic rings. The molecule has 0 bridgehead atoms. The normalized spacial score (nSPS) is 17.9. The number of nitrogens with zero attached hydrogens (tertiary/aromatic N) is 5. The summed E-state index contributed by atoms with van der Waals surface area (Å²) in [7, 11) is 0. The summed E-state index contributed by atoms with van der Waals surface area (Å²) in [5, 5.41) is 14.1. The van der Waals surface area contributed by atoms with Gasteiger partial charge in [0.1, 0.15) is 23.1 Å². The second-order valence-corrected chi connectivity index (χ2v) is 10.2. The van der Waals surface area contributed by atoms with Crippen molar-refractivity contribution in [1.29, 1.82) is 0 Å². The third-order valence-corrected chi connectivity index (χ3v) is 7.03. The Bertz CT molecular complexity index is 1570. The highest BCUT2D eigenvalue weighted by molar-refractivity contribution is 5.91. The highest BCUT2D eigenvalue weighted by atomic mass is 19.1. The fourth-order valence-corrected chi connectivity index (χ4v) is 5.26. The van der Waals surface area contributed by atoms with Crippen LogP contribution in [0, 0.1) is 18.6 Å². The maximum absolute atomic E-state index is 15.7. The van der Waals surface area contributed by atoms with Crippen LogP contribution in [0.25, 0.3) is 28.0 Å². The molecule has 1 aliphatic heterocycles. The number of halogens is 2. The van der Waals surface area contributed by atoms with Gasteiger partial charge in [-0.25, -0.2) is 23.1 Å². The minimum atomic E-state index is -0.839. The van der Waals surface area contributed by atoms with Crippen molar-refractivity contribution in [2.45, 2.75) is 52.6 Å². The number of nitrogens with one attached hydrogen (secondary N) is 1. The van der Waals surface area contributed by atoms with Gasteiger partial charge in [0.15, 0.2) is 11.5 Å². The molecule has 2 N–H and O–H groups in total. The van der Waals surface area contributed by atoms with Crippen molar-refractivity contribution in [3.8, 4) is 22.7 Å². The summed E-state index contributed by atoms with van der Waals surface area (Å²) in [5.41, 5.74) is 0.634. The van der Waals surface area contributed by atoms with Crippen LogP contribution in [0.4, 0.5) is 14.6 Å². The Morgan fingerprint density at radius 3 is 2.45 bits per heavy atom. The monoisotopic (exact) mass is 520 g/mol. The second kappa shape index (κ2) is 9.75. The average molecular weight is 521 g/mol. The topological polar surface area (TPSA) is 96.2 Å². The molecular formula is C28H30F2N6O2. The van der Waals surface area contributed by atoms with Gasteiger partial charge in [-0.15, -0.1) is 0 Å². The summed E-state index contributed by atoms with van der Waals surface area (Å²) in [6, 6.07) is 6.65. The van der Waals surface area contributed by atoms with Gasteiger partial charge in [-0.05, 0) is 56.5 Å². The fourth-order valence-electron chi connectivity index (χ4n) is 5.26. The highest BCUT2D eigenvalue weighted by Gasteiger charge is 2.31. The molecule has 0 saturated carbocycles. The predicted molar refractivity (Wildman–Crippen MR) is 143 cm³/mol. The number of aromatic nitrogens is 4. The van der Waals surface area contributed by atoms with Gasteiger partial charge in [0.05, 0.1) is 22.3 Å². The van der Waals surface area contributed by atoms with Gasteiger partial charge in [0.2, 0.25) is 0 Å². The molecule has 1 aliphatic rings. The standard InChI is InChI=1S/C28H30F2N6O2/c1-14(2)23-25(15(3)9-10-32-23)36-26-18(27(34-28(36)38)35-16(4)12-31-13-17(35)5)11-20(30)24(33-26)22-19(29)7-6-8-21(22)37/h6-11,14,16-17,31,37H,12-13H2,1-5H3/t16-,17+. The van der Waals surface area contributed by atoms with Crippen molar-refractivity contribution < 1.29 is 13.9 Å². The Labute approximate surface area is 219 Å². The van der Waals surface area contributed by atoms with Crippen LogP contribution < -0.4 is 15.9 Å². The number of hydrogen-bond acceptors (Lipinski definition) is 7. The molecule has 10 heteroatoms. The predicted octanol–water partition coefficient (Wildman–Crippen LogP) is 4.44. The van der Waals surface area contributed by atoms with Crippen LogP contribution in [0.1, 0.15) is 44.9 Å². The zero-order valence-electron chi connectivity index (χ0n) is 22.0. The molecule has 0 amide bonds. The minimum Gasteiger partial charge on any atom is -0.507 e. The molecule has 38 heavy (non-hydrogen) atoms. The molecule has 1 fully saturated rings. The van der Waals surface area contributed by atoms with E-state index in [9.17, 15) is 14.3 Å². The number of aromatic hydroxyl groups is 1. The van der Waals surface area contributed by atoms with Crippen molar-refractivity contribution in [1.82, 2.24) is 24.8 Å². The quantitative estimate of drug-likeness (QED) is 0.411. The van der Waals surface area contributed by atoms with Gasteiger partial charge in [-0.2, -0.15) is 4.98 Å². The van der Waals surface area contributed by atoms with E-state index in [1.165, 1.54) is 22.8 Å². The summed E-state index contributed by atoms with van der Waals surface area (Å²) in [5.74, 6) is -1.86. The zero-order valence-corrected chi connectivity index (χ0v) is 22.0. The van der Waals surface area contributed by atoms with E-state index in [4.69, 9.17) is 0 Å². The first kappa shape index (κ1) is 25.7. The number of phenolic OH excluding ortho intramolecular Hbond substituents is 1. The molecule has 0 spiro atoms. The van der Waals surface area contributed by atoms with Crippen LogP contribution in [0.5, 0.6) is 5.75 Å². The Balaban J connectivity index is 1.93. The van der Waals surface area contributed by atoms with Crippen molar-refractivity contribution in [3.63, 3.8) is 0 Å². The van der Waals surface area contributed by atoms with Crippen LogP contribution in [0.2, 0.25) is 0 Å². The average Bonchev–Trinajstić information content (AvgIpc) is 2.85. The number of fused-ring (bicyclic) bond motifs is 1. The van der Waals surface area contributed by atoms with Crippen LogP contribution in [0.15, 0.2) is 41.3 Å².